The molecule has 0 radical (unpaired) electrons. The van der Waals surface area contributed by atoms with Crippen molar-refractivity contribution in [2.24, 2.45) is 17.3 Å². The Labute approximate surface area is 131 Å². The van der Waals surface area contributed by atoms with Crippen LogP contribution in [0.3, 0.4) is 0 Å². The highest BCUT2D eigenvalue weighted by Gasteiger charge is 2.42. The Bertz CT molecular complexity index is 294. The molecule has 124 valence electrons. The van der Waals surface area contributed by atoms with Gasteiger partial charge in [0.25, 0.3) is 0 Å². The molecule has 1 rings (SSSR count). The lowest BCUT2D eigenvalue weighted by atomic mass is 9.80. The largest absolute Gasteiger partial charge is 0.342 e. The molecular weight excluding hydrogens is 260 g/mol. The van der Waals surface area contributed by atoms with Crippen LogP contribution in [0.5, 0.6) is 0 Å². The van der Waals surface area contributed by atoms with Crippen LogP contribution in [-0.4, -0.2) is 37.0 Å². The van der Waals surface area contributed by atoms with Crippen molar-refractivity contribution >= 4 is 5.91 Å². The number of carbonyl (C=O) groups excluding carboxylic acids is 1. The number of carbonyl (C=O) groups is 1. The van der Waals surface area contributed by atoms with Crippen LogP contribution < -0.4 is 5.32 Å². The summed E-state index contributed by atoms with van der Waals surface area (Å²) >= 11 is 0. The quantitative estimate of drug-likeness (QED) is 0.704. The fraction of sp³-hybridized carbons (Fsp3) is 0.944. The van der Waals surface area contributed by atoms with Crippen LogP contribution in [0.1, 0.15) is 66.7 Å². The number of hydrogen-bond acceptors (Lipinski definition) is 2. The third-order valence-corrected chi connectivity index (χ3v) is 4.67. The fourth-order valence-electron chi connectivity index (χ4n) is 3.20. The maximum Gasteiger partial charge on any atom is 0.230 e. The van der Waals surface area contributed by atoms with Crippen LogP contribution in [0.2, 0.25) is 0 Å². The fourth-order valence-corrected chi connectivity index (χ4v) is 3.20. The molecule has 1 aliphatic rings. The number of amides is 1. The van der Waals surface area contributed by atoms with Gasteiger partial charge in [-0.2, -0.15) is 0 Å². The summed E-state index contributed by atoms with van der Waals surface area (Å²) in [6.45, 7) is 14.9. The van der Waals surface area contributed by atoms with Crippen LogP contribution >= 0.6 is 0 Å². The Morgan fingerprint density at radius 1 is 1.14 bits per heavy atom. The van der Waals surface area contributed by atoms with Gasteiger partial charge in [-0.25, -0.2) is 0 Å². The van der Waals surface area contributed by atoms with E-state index >= 15 is 0 Å². The van der Waals surface area contributed by atoms with Gasteiger partial charge in [0, 0.05) is 19.6 Å². The van der Waals surface area contributed by atoms with Gasteiger partial charge >= 0.3 is 0 Å². The first-order chi connectivity index (χ1) is 9.91. The summed E-state index contributed by atoms with van der Waals surface area (Å²) in [5.41, 5.74) is -0.122. The lowest BCUT2D eigenvalue weighted by Crippen LogP contribution is -2.46. The summed E-state index contributed by atoms with van der Waals surface area (Å²) in [6, 6.07) is 0. The van der Waals surface area contributed by atoms with Gasteiger partial charge in [-0.05, 0) is 44.1 Å². The van der Waals surface area contributed by atoms with E-state index in [9.17, 15) is 4.79 Å². The molecule has 1 aliphatic heterocycles. The Hall–Kier alpha value is -0.570. The molecule has 1 amide bonds. The van der Waals surface area contributed by atoms with Crippen LogP contribution in [0.4, 0.5) is 0 Å². The Balaban J connectivity index is 2.75. The molecule has 0 spiro atoms. The van der Waals surface area contributed by atoms with E-state index in [2.05, 4.69) is 44.8 Å². The SMILES string of the molecule is CCCC1(C(=O)N(CCC(C)C)CCC(C)C)CCNC1. The van der Waals surface area contributed by atoms with E-state index in [1.165, 1.54) is 0 Å². The summed E-state index contributed by atoms with van der Waals surface area (Å²) in [5.74, 6) is 1.72. The van der Waals surface area contributed by atoms with Gasteiger partial charge in [-0.1, -0.05) is 41.0 Å². The second-order valence-electron chi connectivity index (χ2n) is 7.61. The number of rotatable bonds is 9. The minimum atomic E-state index is -0.122. The summed E-state index contributed by atoms with van der Waals surface area (Å²) in [7, 11) is 0. The molecule has 0 aromatic heterocycles. The highest BCUT2D eigenvalue weighted by atomic mass is 16.2. The van der Waals surface area contributed by atoms with E-state index in [-0.39, 0.29) is 5.41 Å². The van der Waals surface area contributed by atoms with Crippen molar-refractivity contribution in [1.29, 1.82) is 0 Å². The van der Waals surface area contributed by atoms with Gasteiger partial charge in [-0.15, -0.1) is 0 Å². The van der Waals surface area contributed by atoms with Crippen LogP contribution in [-0.2, 0) is 4.79 Å². The van der Waals surface area contributed by atoms with Crippen molar-refractivity contribution in [3.05, 3.63) is 0 Å². The van der Waals surface area contributed by atoms with Gasteiger partial charge < -0.3 is 10.2 Å². The van der Waals surface area contributed by atoms with Gasteiger partial charge in [-0.3, -0.25) is 4.79 Å². The van der Waals surface area contributed by atoms with Crippen molar-refractivity contribution in [2.75, 3.05) is 26.2 Å². The standard InChI is InChI=1S/C18H36N2O/c1-6-9-18(10-11-19-14-18)17(21)20(12-7-15(2)3)13-8-16(4)5/h15-16,19H,6-14H2,1-5H3. The maximum atomic E-state index is 13.2. The molecule has 1 N–H and O–H groups in total. The van der Waals surface area contributed by atoms with Gasteiger partial charge in [0.05, 0.1) is 5.41 Å². The Morgan fingerprint density at radius 2 is 1.71 bits per heavy atom. The zero-order valence-electron chi connectivity index (χ0n) is 14.9. The zero-order chi connectivity index (χ0) is 15.9. The topological polar surface area (TPSA) is 32.3 Å². The lowest BCUT2D eigenvalue weighted by Gasteiger charge is -2.34. The Kier molecular flexibility index (Phi) is 7.72. The maximum absolute atomic E-state index is 13.2. The molecule has 0 bridgehead atoms. The van der Waals surface area contributed by atoms with Crippen LogP contribution in [0.25, 0.3) is 0 Å². The van der Waals surface area contributed by atoms with Crippen LogP contribution in [0.15, 0.2) is 0 Å². The van der Waals surface area contributed by atoms with E-state index in [0.29, 0.717) is 17.7 Å². The molecule has 0 aliphatic carbocycles. The number of nitrogens with one attached hydrogen (secondary N) is 1. The third kappa shape index (κ3) is 5.61. The van der Waals surface area contributed by atoms with E-state index in [1.807, 2.05) is 0 Å². The molecule has 1 atom stereocenters. The summed E-state index contributed by atoms with van der Waals surface area (Å²) in [4.78, 5) is 15.3. The lowest BCUT2D eigenvalue weighted by molar-refractivity contribution is -0.142. The molecule has 3 heteroatoms. The van der Waals surface area contributed by atoms with Crippen LogP contribution in [0, 0.1) is 17.3 Å². The molecule has 21 heavy (non-hydrogen) atoms. The average Bonchev–Trinajstić information content (AvgIpc) is 2.88. The number of hydrogen-bond donors (Lipinski definition) is 1. The van der Waals surface area contributed by atoms with Crippen molar-refractivity contribution in [3.8, 4) is 0 Å². The average molecular weight is 296 g/mol. The normalized spacial score (nSPS) is 22.2. The van der Waals surface area contributed by atoms with Gasteiger partial charge in [0.1, 0.15) is 0 Å². The summed E-state index contributed by atoms with van der Waals surface area (Å²) < 4.78 is 0. The second kappa shape index (κ2) is 8.77. The molecule has 0 aromatic rings. The Morgan fingerprint density at radius 3 is 2.10 bits per heavy atom. The van der Waals surface area contributed by atoms with Crippen molar-refractivity contribution in [3.63, 3.8) is 0 Å². The summed E-state index contributed by atoms with van der Waals surface area (Å²) in [5, 5.41) is 3.42. The predicted molar refractivity (Wildman–Crippen MR) is 90.3 cm³/mol. The van der Waals surface area contributed by atoms with E-state index in [0.717, 1.165) is 58.3 Å². The zero-order valence-corrected chi connectivity index (χ0v) is 14.9. The molecule has 1 heterocycles. The van der Waals surface area contributed by atoms with Gasteiger partial charge in [0.15, 0.2) is 0 Å². The molecule has 3 nitrogen and oxygen atoms in total. The van der Waals surface area contributed by atoms with E-state index < -0.39 is 0 Å². The summed E-state index contributed by atoms with van der Waals surface area (Å²) in [6.07, 6.45) is 5.35. The molecule has 1 fully saturated rings. The first kappa shape index (κ1) is 18.5. The molecule has 0 saturated carbocycles. The smallest absolute Gasteiger partial charge is 0.230 e. The van der Waals surface area contributed by atoms with E-state index in [4.69, 9.17) is 0 Å². The molecular formula is C18H36N2O. The highest BCUT2D eigenvalue weighted by molar-refractivity contribution is 5.83. The van der Waals surface area contributed by atoms with Gasteiger partial charge in [0.2, 0.25) is 5.91 Å². The molecule has 1 saturated heterocycles. The first-order valence-electron chi connectivity index (χ1n) is 8.91. The van der Waals surface area contributed by atoms with Crippen molar-refractivity contribution in [1.82, 2.24) is 10.2 Å². The monoisotopic (exact) mass is 296 g/mol. The number of nitrogens with zero attached hydrogens (tertiary/aromatic N) is 1. The molecule has 0 aromatic carbocycles. The first-order valence-corrected chi connectivity index (χ1v) is 8.91. The molecule has 1 unspecified atom stereocenters. The van der Waals surface area contributed by atoms with Crippen molar-refractivity contribution < 1.29 is 4.79 Å². The van der Waals surface area contributed by atoms with E-state index in [1.54, 1.807) is 0 Å². The minimum Gasteiger partial charge on any atom is -0.342 e. The second-order valence-corrected chi connectivity index (χ2v) is 7.61. The van der Waals surface area contributed by atoms with Crippen molar-refractivity contribution in [2.45, 2.75) is 66.7 Å². The predicted octanol–water partition coefficient (Wildman–Crippen LogP) is 3.69. The highest BCUT2D eigenvalue weighted by Crippen LogP contribution is 2.33. The third-order valence-electron chi connectivity index (χ3n) is 4.67. The minimum absolute atomic E-state index is 0.122.